The Bertz CT molecular complexity index is 635. The standard InChI is InChI=1S/C17H16OS/c1-3-4-7-15-8-5-6-9-17(15)19(18)16-12-10-14(2)11-13-16/h4-6,8-13H,1,7H2,2H3. The molecule has 0 aliphatic carbocycles. The molecule has 0 amide bonds. The summed E-state index contributed by atoms with van der Waals surface area (Å²) in [5.74, 6) is 0. The molecule has 0 aliphatic rings. The predicted molar refractivity (Wildman–Crippen MR) is 79.7 cm³/mol. The highest BCUT2D eigenvalue weighted by molar-refractivity contribution is 7.85. The maximum absolute atomic E-state index is 12.6. The Kier molecular flexibility index (Phi) is 4.51. The molecule has 0 saturated carbocycles. The maximum atomic E-state index is 12.6. The summed E-state index contributed by atoms with van der Waals surface area (Å²) in [6, 6.07) is 15.6. The van der Waals surface area contributed by atoms with Crippen molar-refractivity contribution in [2.45, 2.75) is 23.1 Å². The van der Waals surface area contributed by atoms with Crippen LogP contribution in [0.25, 0.3) is 0 Å². The summed E-state index contributed by atoms with van der Waals surface area (Å²) < 4.78 is 12.6. The molecule has 0 N–H and O–H groups in total. The molecule has 0 fully saturated rings. The Morgan fingerprint density at radius 1 is 1.16 bits per heavy atom. The zero-order valence-corrected chi connectivity index (χ0v) is 11.7. The number of hydrogen-bond donors (Lipinski definition) is 0. The van der Waals surface area contributed by atoms with Gasteiger partial charge in [-0.25, -0.2) is 4.21 Å². The van der Waals surface area contributed by atoms with Crippen LogP contribution < -0.4 is 0 Å². The fraction of sp³-hybridized carbons (Fsp3) is 0.118. The van der Waals surface area contributed by atoms with Crippen LogP contribution in [0.4, 0.5) is 0 Å². The fourth-order valence-electron chi connectivity index (χ4n) is 1.82. The summed E-state index contributed by atoms with van der Waals surface area (Å²) in [5.41, 5.74) is 4.98. The minimum atomic E-state index is -1.14. The van der Waals surface area contributed by atoms with E-state index in [-0.39, 0.29) is 0 Å². The molecule has 0 aromatic heterocycles. The number of aryl methyl sites for hydroxylation is 1. The van der Waals surface area contributed by atoms with Gasteiger partial charge in [-0.1, -0.05) is 42.5 Å². The highest BCUT2D eigenvalue weighted by Crippen LogP contribution is 2.21. The number of hydrogen-bond acceptors (Lipinski definition) is 1. The Labute approximate surface area is 116 Å². The lowest BCUT2D eigenvalue weighted by Crippen LogP contribution is -1.97. The van der Waals surface area contributed by atoms with Crippen LogP contribution in [0.15, 0.2) is 76.7 Å². The summed E-state index contributed by atoms with van der Waals surface area (Å²) in [4.78, 5) is 1.69. The molecular weight excluding hydrogens is 252 g/mol. The molecule has 2 aromatic carbocycles. The van der Waals surface area contributed by atoms with Gasteiger partial charge in [0.1, 0.15) is 0 Å². The SMILES string of the molecule is C=C=CCc1ccccc1S(=O)c1ccc(C)cc1. The van der Waals surface area contributed by atoms with E-state index in [0.717, 1.165) is 15.4 Å². The molecule has 96 valence electrons. The summed E-state index contributed by atoms with van der Waals surface area (Å²) in [7, 11) is -1.14. The molecule has 0 heterocycles. The van der Waals surface area contributed by atoms with Gasteiger partial charge < -0.3 is 0 Å². The lowest BCUT2D eigenvalue weighted by atomic mass is 10.1. The lowest BCUT2D eigenvalue weighted by molar-refractivity contribution is 0.682. The zero-order chi connectivity index (χ0) is 13.7. The molecule has 1 atom stereocenters. The van der Waals surface area contributed by atoms with Gasteiger partial charge in [0, 0.05) is 9.79 Å². The maximum Gasteiger partial charge on any atom is 0.0852 e. The van der Waals surface area contributed by atoms with Crippen molar-refractivity contribution in [3.8, 4) is 0 Å². The molecule has 2 rings (SSSR count). The molecule has 1 nitrogen and oxygen atoms in total. The number of rotatable bonds is 4. The smallest absolute Gasteiger partial charge is 0.0852 e. The molecule has 0 spiro atoms. The first-order valence-electron chi connectivity index (χ1n) is 6.13. The van der Waals surface area contributed by atoms with E-state index in [1.807, 2.05) is 61.5 Å². The van der Waals surface area contributed by atoms with Gasteiger partial charge in [0.2, 0.25) is 0 Å². The molecule has 19 heavy (non-hydrogen) atoms. The second-order valence-electron chi connectivity index (χ2n) is 4.30. The van der Waals surface area contributed by atoms with Gasteiger partial charge in [-0.15, -0.1) is 5.73 Å². The Hall–Kier alpha value is -1.89. The Morgan fingerprint density at radius 3 is 2.53 bits per heavy atom. The van der Waals surface area contributed by atoms with Crippen LogP contribution in [0.5, 0.6) is 0 Å². The van der Waals surface area contributed by atoms with Crippen LogP contribution in [0.2, 0.25) is 0 Å². The van der Waals surface area contributed by atoms with Crippen LogP contribution in [0, 0.1) is 6.92 Å². The van der Waals surface area contributed by atoms with Crippen molar-refractivity contribution in [1.29, 1.82) is 0 Å². The number of benzene rings is 2. The van der Waals surface area contributed by atoms with Crippen molar-refractivity contribution in [3.63, 3.8) is 0 Å². The van der Waals surface area contributed by atoms with Gasteiger partial charge in [0.05, 0.1) is 10.8 Å². The average molecular weight is 268 g/mol. The number of allylic oxidation sites excluding steroid dienone is 1. The van der Waals surface area contributed by atoms with Gasteiger partial charge in [-0.2, -0.15) is 0 Å². The van der Waals surface area contributed by atoms with Gasteiger partial charge in [-0.05, 0) is 43.2 Å². The Balaban J connectivity index is 2.38. The third-order valence-electron chi connectivity index (χ3n) is 2.87. The van der Waals surface area contributed by atoms with Crippen LogP contribution >= 0.6 is 0 Å². The first-order valence-corrected chi connectivity index (χ1v) is 7.28. The summed E-state index contributed by atoms with van der Waals surface area (Å²) in [5, 5.41) is 0. The van der Waals surface area contributed by atoms with E-state index in [0.29, 0.717) is 6.42 Å². The zero-order valence-electron chi connectivity index (χ0n) is 10.9. The van der Waals surface area contributed by atoms with E-state index < -0.39 is 10.8 Å². The van der Waals surface area contributed by atoms with E-state index >= 15 is 0 Å². The van der Waals surface area contributed by atoms with E-state index in [1.165, 1.54) is 5.56 Å². The van der Waals surface area contributed by atoms with Gasteiger partial charge in [-0.3, -0.25) is 0 Å². The van der Waals surface area contributed by atoms with Crippen LogP contribution in [-0.2, 0) is 17.2 Å². The van der Waals surface area contributed by atoms with Gasteiger partial charge in [0.25, 0.3) is 0 Å². The minimum Gasteiger partial charge on any atom is -0.249 e. The van der Waals surface area contributed by atoms with E-state index in [1.54, 1.807) is 0 Å². The monoisotopic (exact) mass is 268 g/mol. The quantitative estimate of drug-likeness (QED) is 0.765. The van der Waals surface area contributed by atoms with Crippen molar-refractivity contribution in [1.82, 2.24) is 0 Å². The topological polar surface area (TPSA) is 17.1 Å². The molecule has 1 unspecified atom stereocenters. The normalized spacial score (nSPS) is 11.6. The summed E-state index contributed by atoms with van der Waals surface area (Å²) in [6.45, 7) is 5.59. The Morgan fingerprint density at radius 2 is 1.84 bits per heavy atom. The van der Waals surface area contributed by atoms with E-state index in [4.69, 9.17) is 0 Å². The van der Waals surface area contributed by atoms with Crippen LogP contribution in [0.1, 0.15) is 11.1 Å². The van der Waals surface area contributed by atoms with E-state index in [9.17, 15) is 4.21 Å². The minimum absolute atomic E-state index is 0.706. The molecule has 2 heteroatoms. The first kappa shape index (κ1) is 13.5. The largest absolute Gasteiger partial charge is 0.249 e. The third-order valence-corrected chi connectivity index (χ3v) is 4.37. The second kappa shape index (κ2) is 6.33. The first-order chi connectivity index (χ1) is 9.22. The van der Waals surface area contributed by atoms with Crippen molar-refractivity contribution < 1.29 is 4.21 Å². The third kappa shape index (κ3) is 3.31. The second-order valence-corrected chi connectivity index (χ2v) is 5.75. The molecule has 0 bridgehead atoms. The van der Waals surface area contributed by atoms with Crippen molar-refractivity contribution in [2.24, 2.45) is 0 Å². The highest BCUT2D eigenvalue weighted by atomic mass is 32.2. The molecular formula is C17H16OS. The highest BCUT2D eigenvalue weighted by Gasteiger charge is 2.10. The van der Waals surface area contributed by atoms with Crippen LogP contribution in [0.3, 0.4) is 0 Å². The molecule has 2 aromatic rings. The van der Waals surface area contributed by atoms with Crippen molar-refractivity contribution >= 4 is 10.8 Å². The summed E-state index contributed by atoms with van der Waals surface area (Å²) >= 11 is 0. The van der Waals surface area contributed by atoms with Crippen molar-refractivity contribution in [2.75, 3.05) is 0 Å². The summed E-state index contributed by atoms with van der Waals surface area (Å²) in [6.07, 6.45) is 2.56. The van der Waals surface area contributed by atoms with Gasteiger partial charge in [0.15, 0.2) is 0 Å². The van der Waals surface area contributed by atoms with E-state index in [2.05, 4.69) is 12.3 Å². The van der Waals surface area contributed by atoms with Crippen molar-refractivity contribution in [3.05, 3.63) is 78.0 Å². The van der Waals surface area contributed by atoms with Gasteiger partial charge >= 0.3 is 0 Å². The molecule has 0 radical (unpaired) electrons. The predicted octanol–water partition coefficient (Wildman–Crippen LogP) is 4.05. The fourth-order valence-corrected chi connectivity index (χ4v) is 3.05. The average Bonchev–Trinajstić information content (AvgIpc) is 2.45. The molecule has 0 saturated heterocycles. The molecule has 0 aliphatic heterocycles. The van der Waals surface area contributed by atoms with Crippen LogP contribution in [-0.4, -0.2) is 4.21 Å². The lowest BCUT2D eigenvalue weighted by Gasteiger charge is -2.07.